The summed E-state index contributed by atoms with van der Waals surface area (Å²) in [5.41, 5.74) is 0. The van der Waals surface area contributed by atoms with E-state index in [0.717, 1.165) is 5.75 Å². The second kappa shape index (κ2) is 6.02. The van der Waals surface area contributed by atoms with Crippen LogP contribution in [0, 0.1) is 0 Å². The number of likely N-dealkylation sites (tertiary alicyclic amines) is 1. The normalized spacial score (nSPS) is 21.5. The van der Waals surface area contributed by atoms with Crippen molar-refractivity contribution in [2.45, 2.75) is 32.4 Å². The van der Waals surface area contributed by atoms with Crippen molar-refractivity contribution in [1.29, 1.82) is 0 Å². The molecule has 3 nitrogen and oxygen atoms in total. The third-order valence-electron chi connectivity index (χ3n) is 1.71. The maximum atomic E-state index is 11.2. The first-order valence-corrected chi connectivity index (χ1v) is 5.63. The van der Waals surface area contributed by atoms with Crippen molar-refractivity contribution < 1.29 is 9.59 Å². The maximum Gasteiger partial charge on any atom is 0.242 e. The lowest BCUT2D eigenvalue weighted by molar-refractivity contribution is -0.136. The van der Waals surface area contributed by atoms with Crippen LogP contribution in [0.15, 0.2) is 0 Å². The molecule has 1 saturated heterocycles. The molecule has 0 radical (unpaired) electrons. The fourth-order valence-electron chi connectivity index (χ4n) is 1.05. The summed E-state index contributed by atoms with van der Waals surface area (Å²) in [5.74, 6) is 0.792. The van der Waals surface area contributed by atoms with Crippen molar-refractivity contribution in [3.05, 3.63) is 0 Å². The Morgan fingerprint density at radius 2 is 2.00 bits per heavy atom. The average molecular weight is 203 g/mol. The number of imide groups is 1. The van der Waals surface area contributed by atoms with Gasteiger partial charge in [0.15, 0.2) is 0 Å². The van der Waals surface area contributed by atoms with Gasteiger partial charge in [0.25, 0.3) is 0 Å². The van der Waals surface area contributed by atoms with Gasteiger partial charge in [0.1, 0.15) is 0 Å². The van der Waals surface area contributed by atoms with E-state index in [4.69, 9.17) is 0 Å². The van der Waals surface area contributed by atoms with Gasteiger partial charge in [0.05, 0.1) is 5.25 Å². The number of nitrogens with zero attached hydrogens (tertiary/aromatic N) is 1. The minimum absolute atomic E-state index is 0.0400. The molecular formula is C9H17NO2S. The number of carbonyl (C=O) groups is 2. The first-order valence-electron chi connectivity index (χ1n) is 4.58. The van der Waals surface area contributed by atoms with Gasteiger partial charge < -0.3 is 0 Å². The Balaban J connectivity index is 0.000000671. The highest BCUT2D eigenvalue weighted by atomic mass is 32.2. The largest absolute Gasteiger partial charge is 0.285 e. The fourth-order valence-corrected chi connectivity index (χ4v) is 2.02. The van der Waals surface area contributed by atoms with Gasteiger partial charge in [-0.1, -0.05) is 20.8 Å². The molecule has 4 heteroatoms. The lowest BCUT2D eigenvalue weighted by Gasteiger charge is -2.06. The third kappa shape index (κ3) is 3.03. The van der Waals surface area contributed by atoms with Crippen molar-refractivity contribution in [3.63, 3.8) is 0 Å². The number of rotatable bonds is 2. The molecule has 0 aromatic rings. The molecule has 0 bridgehead atoms. The smallest absolute Gasteiger partial charge is 0.242 e. The van der Waals surface area contributed by atoms with Crippen molar-refractivity contribution in [3.8, 4) is 0 Å². The van der Waals surface area contributed by atoms with Gasteiger partial charge in [0.2, 0.25) is 11.8 Å². The van der Waals surface area contributed by atoms with Gasteiger partial charge in [0, 0.05) is 13.5 Å². The van der Waals surface area contributed by atoms with E-state index >= 15 is 0 Å². The van der Waals surface area contributed by atoms with E-state index in [1.165, 1.54) is 4.90 Å². The maximum absolute atomic E-state index is 11.2. The Morgan fingerprint density at radius 3 is 2.31 bits per heavy atom. The molecule has 1 aliphatic rings. The van der Waals surface area contributed by atoms with Gasteiger partial charge in [-0.05, 0) is 5.75 Å². The summed E-state index contributed by atoms with van der Waals surface area (Å²) in [4.78, 5) is 23.4. The highest BCUT2D eigenvalue weighted by molar-refractivity contribution is 8.00. The van der Waals surface area contributed by atoms with Gasteiger partial charge in [-0.2, -0.15) is 0 Å². The van der Waals surface area contributed by atoms with Crippen LogP contribution in [0.4, 0.5) is 0 Å². The predicted octanol–water partition coefficient (Wildman–Crippen LogP) is 1.52. The molecule has 1 heterocycles. The van der Waals surface area contributed by atoms with Gasteiger partial charge >= 0.3 is 0 Å². The molecule has 1 fully saturated rings. The minimum atomic E-state index is -0.113. The Kier molecular flexibility index (Phi) is 5.79. The zero-order valence-corrected chi connectivity index (χ0v) is 9.48. The van der Waals surface area contributed by atoms with Gasteiger partial charge in [-0.15, -0.1) is 11.8 Å². The van der Waals surface area contributed by atoms with E-state index in [-0.39, 0.29) is 17.1 Å². The third-order valence-corrected chi connectivity index (χ3v) is 2.81. The molecule has 76 valence electrons. The molecule has 1 aliphatic heterocycles. The molecule has 1 unspecified atom stereocenters. The number of hydrogen-bond acceptors (Lipinski definition) is 3. The molecule has 2 amide bonds. The molecule has 0 N–H and O–H groups in total. The van der Waals surface area contributed by atoms with E-state index in [0.29, 0.717) is 6.42 Å². The Hall–Kier alpha value is -0.510. The molecule has 13 heavy (non-hydrogen) atoms. The van der Waals surface area contributed by atoms with E-state index in [1.807, 2.05) is 20.8 Å². The number of hydrogen-bond donors (Lipinski definition) is 0. The van der Waals surface area contributed by atoms with Crippen molar-refractivity contribution in [2.75, 3.05) is 12.8 Å². The minimum Gasteiger partial charge on any atom is -0.285 e. The lowest BCUT2D eigenvalue weighted by atomic mass is 10.4. The highest BCUT2D eigenvalue weighted by Gasteiger charge is 2.35. The standard InChI is InChI=1S/C7H11NO2S.C2H6/c1-3-11-5-4-6(9)8(2)7(5)10;1-2/h5H,3-4H2,1-2H3;1-2H3. The molecule has 0 aromatic carbocycles. The molecule has 0 spiro atoms. The van der Waals surface area contributed by atoms with Crippen LogP contribution in [0.5, 0.6) is 0 Å². The van der Waals surface area contributed by atoms with Crippen molar-refractivity contribution in [2.24, 2.45) is 0 Å². The van der Waals surface area contributed by atoms with Crippen LogP contribution in [-0.2, 0) is 9.59 Å². The van der Waals surface area contributed by atoms with Crippen LogP contribution < -0.4 is 0 Å². The zero-order valence-electron chi connectivity index (χ0n) is 8.66. The lowest BCUT2D eigenvalue weighted by Crippen LogP contribution is -2.26. The number of carbonyl (C=O) groups excluding carboxylic acids is 2. The van der Waals surface area contributed by atoms with Gasteiger partial charge in [-0.3, -0.25) is 14.5 Å². The topological polar surface area (TPSA) is 37.4 Å². The molecule has 0 aromatic heterocycles. The zero-order chi connectivity index (χ0) is 10.4. The SMILES string of the molecule is CC.CCSC1CC(=O)N(C)C1=O. The molecule has 1 rings (SSSR count). The Bertz CT molecular complexity index is 194. The average Bonchev–Trinajstić information content (AvgIpc) is 2.38. The van der Waals surface area contributed by atoms with Crippen molar-refractivity contribution >= 4 is 23.6 Å². The summed E-state index contributed by atoms with van der Waals surface area (Å²) in [6.07, 6.45) is 0.383. The first-order chi connectivity index (χ1) is 6.16. The molecule has 0 aliphatic carbocycles. The fraction of sp³-hybridized carbons (Fsp3) is 0.778. The van der Waals surface area contributed by atoms with Crippen LogP contribution in [0.3, 0.4) is 0 Å². The van der Waals surface area contributed by atoms with Crippen LogP contribution in [0.25, 0.3) is 0 Å². The van der Waals surface area contributed by atoms with Crippen molar-refractivity contribution in [1.82, 2.24) is 4.90 Å². The van der Waals surface area contributed by atoms with Crippen LogP contribution in [0.1, 0.15) is 27.2 Å². The van der Waals surface area contributed by atoms with Crippen LogP contribution >= 0.6 is 11.8 Å². The Morgan fingerprint density at radius 1 is 1.46 bits per heavy atom. The number of amides is 2. The monoisotopic (exact) mass is 203 g/mol. The summed E-state index contributed by atoms with van der Waals surface area (Å²) >= 11 is 1.54. The summed E-state index contributed by atoms with van der Waals surface area (Å²) in [5, 5.41) is -0.113. The van der Waals surface area contributed by atoms with E-state index in [9.17, 15) is 9.59 Å². The second-order valence-electron chi connectivity index (χ2n) is 2.44. The summed E-state index contributed by atoms with van der Waals surface area (Å²) in [7, 11) is 1.54. The van der Waals surface area contributed by atoms with E-state index in [1.54, 1.807) is 18.8 Å². The van der Waals surface area contributed by atoms with E-state index in [2.05, 4.69) is 0 Å². The summed E-state index contributed by atoms with van der Waals surface area (Å²) < 4.78 is 0. The summed E-state index contributed by atoms with van der Waals surface area (Å²) in [6.45, 7) is 5.99. The highest BCUT2D eigenvalue weighted by Crippen LogP contribution is 2.23. The summed E-state index contributed by atoms with van der Waals surface area (Å²) in [6, 6.07) is 0. The van der Waals surface area contributed by atoms with E-state index < -0.39 is 0 Å². The second-order valence-corrected chi connectivity index (χ2v) is 3.92. The molecule has 1 atom stereocenters. The predicted molar refractivity (Wildman–Crippen MR) is 55.7 cm³/mol. The molecular weight excluding hydrogens is 186 g/mol. The van der Waals surface area contributed by atoms with Crippen LogP contribution in [-0.4, -0.2) is 34.8 Å². The van der Waals surface area contributed by atoms with Gasteiger partial charge in [-0.25, -0.2) is 0 Å². The van der Waals surface area contributed by atoms with Crippen LogP contribution in [0.2, 0.25) is 0 Å². The first kappa shape index (κ1) is 12.5. The number of thioether (sulfide) groups is 1. The quantitative estimate of drug-likeness (QED) is 0.639. The Labute approximate surface area is 83.9 Å². The molecule has 0 saturated carbocycles.